The molecule has 0 aromatic carbocycles. The van der Waals surface area contributed by atoms with Crippen LogP contribution in [0.1, 0.15) is 0 Å². The van der Waals surface area contributed by atoms with Crippen LogP contribution < -0.4 is 0 Å². The van der Waals surface area contributed by atoms with Crippen molar-refractivity contribution < 1.29 is 4.39 Å². The van der Waals surface area contributed by atoms with E-state index in [4.69, 9.17) is 23.2 Å². The Balaban J connectivity index is 2.34. The van der Waals surface area contributed by atoms with Crippen LogP contribution >= 0.6 is 35.0 Å². The monoisotopic (exact) mass is 275 g/mol. The van der Waals surface area contributed by atoms with Crippen LogP contribution in [0.4, 0.5) is 4.39 Å². The van der Waals surface area contributed by atoms with Gasteiger partial charge in [-0.15, -0.1) is 0 Å². The first kappa shape index (κ1) is 11.6. The van der Waals surface area contributed by atoms with Gasteiger partial charge in [0.05, 0.1) is 11.2 Å². The largest absolute Gasteiger partial charge is 0.248 e. The van der Waals surface area contributed by atoms with E-state index in [1.54, 1.807) is 18.3 Å². The molecule has 16 heavy (non-hydrogen) atoms. The molecule has 82 valence electrons. The zero-order chi connectivity index (χ0) is 11.5. The van der Waals surface area contributed by atoms with Crippen LogP contribution in [0.25, 0.3) is 0 Å². The van der Waals surface area contributed by atoms with E-state index < -0.39 is 5.82 Å². The van der Waals surface area contributed by atoms with Crippen LogP contribution in [0.2, 0.25) is 10.3 Å². The molecule has 0 atom stereocenters. The number of pyridine rings is 1. The van der Waals surface area contributed by atoms with E-state index in [2.05, 4.69) is 15.0 Å². The van der Waals surface area contributed by atoms with E-state index in [0.717, 1.165) is 18.0 Å². The first-order valence-electron chi connectivity index (χ1n) is 4.13. The van der Waals surface area contributed by atoms with Gasteiger partial charge >= 0.3 is 0 Å². The topological polar surface area (TPSA) is 38.7 Å². The van der Waals surface area contributed by atoms with Crippen LogP contribution in [0.5, 0.6) is 0 Å². The maximum Gasteiger partial charge on any atom is 0.223 e. The minimum Gasteiger partial charge on any atom is -0.248 e. The molecule has 2 aromatic heterocycles. The van der Waals surface area contributed by atoms with Gasteiger partial charge in [0.25, 0.3) is 0 Å². The Morgan fingerprint density at radius 3 is 2.75 bits per heavy atom. The van der Waals surface area contributed by atoms with Crippen molar-refractivity contribution in [3.63, 3.8) is 0 Å². The maximum absolute atomic E-state index is 13.3. The fourth-order valence-corrected chi connectivity index (χ4v) is 2.11. The second kappa shape index (κ2) is 4.95. The quantitative estimate of drug-likeness (QED) is 0.622. The normalized spacial score (nSPS) is 10.4. The van der Waals surface area contributed by atoms with Crippen molar-refractivity contribution in [1.29, 1.82) is 0 Å². The van der Waals surface area contributed by atoms with Crippen molar-refractivity contribution in [1.82, 2.24) is 15.0 Å². The first-order chi connectivity index (χ1) is 7.66. The van der Waals surface area contributed by atoms with E-state index in [9.17, 15) is 4.39 Å². The highest BCUT2D eigenvalue weighted by molar-refractivity contribution is 7.99. The lowest BCUT2D eigenvalue weighted by molar-refractivity contribution is 0.579. The van der Waals surface area contributed by atoms with Gasteiger partial charge < -0.3 is 0 Å². The van der Waals surface area contributed by atoms with Gasteiger partial charge in [0, 0.05) is 6.20 Å². The molecule has 0 bridgehead atoms. The standard InChI is InChI=1S/C9H4Cl2FN3S/c10-5-2-1-3-13-7(5)16-8-6(12)4-14-9(11)15-8/h1-4H. The predicted molar refractivity (Wildman–Crippen MR) is 60.4 cm³/mol. The van der Waals surface area contributed by atoms with E-state index in [-0.39, 0.29) is 10.3 Å². The Morgan fingerprint density at radius 1 is 1.19 bits per heavy atom. The van der Waals surface area contributed by atoms with E-state index in [0.29, 0.717) is 10.0 Å². The molecule has 2 rings (SSSR count). The number of halogens is 3. The van der Waals surface area contributed by atoms with Gasteiger partial charge in [-0.3, -0.25) is 0 Å². The van der Waals surface area contributed by atoms with Crippen LogP contribution in [0.3, 0.4) is 0 Å². The van der Waals surface area contributed by atoms with Gasteiger partial charge in [0.2, 0.25) is 5.28 Å². The third-order valence-electron chi connectivity index (χ3n) is 1.60. The molecular formula is C9H4Cl2FN3S. The highest BCUT2D eigenvalue weighted by atomic mass is 35.5. The number of rotatable bonds is 2. The molecule has 2 aromatic rings. The average molecular weight is 276 g/mol. The summed E-state index contributed by atoms with van der Waals surface area (Å²) < 4.78 is 13.3. The number of nitrogens with zero attached hydrogens (tertiary/aromatic N) is 3. The third-order valence-corrected chi connectivity index (χ3v) is 3.20. The van der Waals surface area contributed by atoms with E-state index in [1.165, 1.54) is 0 Å². The summed E-state index contributed by atoms with van der Waals surface area (Å²) in [5.74, 6) is -0.559. The molecule has 0 spiro atoms. The lowest BCUT2D eigenvalue weighted by Crippen LogP contribution is -1.91. The van der Waals surface area contributed by atoms with E-state index >= 15 is 0 Å². The van der Waals surface area contributed by atoms with Crippen LogP contribution in [-0.4, -0.2) is 15.0 Å². The van der Waals surface area contributed by atoms with Crippen molar-refractivity contribution in [2.45, 2.75) is 10.1 Å². The van der Waals surface area contributed by atoms with Gasteiger partial charge in [0.1, 0.15) is 10.1 Å². The van der Waals surface area contributed by atoms with Crippen molar-refractivity contribution >= 4 is 35.0 Å². The van der Waals surface area contributed by atoms with Crippen molar-refractivity contribution in [3.8, 4) is 0 Å². The van der Waals surface area contributed by atoms with Crippen LogP contribution in [-0.2, 0) is 0 Å². The van der Waals surface area contributed by atoms with E-state index in [1.807, 2.05) is 0 Å². The molecule has 0 saturated heterocycles. The zero-order valence-corrected chi connectivity index (χ0v) is 10.0. The molecule has 0 amide bonds. The summed E-state index contributed by atoms with van der Waals surface area (Å²) in [7, 11) is 0. The molecule has 0 aliphatic carbocycles. The highest BCUT2D eigenvalue weighted by Crippen LogP contribution is 2.31. The minimum atomic E-state index is -0.559. The predicted octanol–water partition coefficient (Wildman–Crippen LogP) is 3.47. The van der Waals surface area contributed by atoms with Crippen molar-refractivity contribution in [2.75, 3.05) is 0 Å². The second-order valence-corrected chi connectivity index (χ2v) is 4.41. The second-order valence-electron chi connectivity index (χ2n) is 2.68. The molecule has 2 heterocycles. The number of aromatic nitrogens is 3. The van der Waals surface area contributed by atoms with Gasteiger partial charge in [-0.2, -0.15) is 0 Å². The molecular weight excluding hydrogens is 272 g/mol. The van der Waals surface area contributed by atoms with Gasteiger partial charge in [-0.25, -0.2) is 19.3 Å². The molecule has 0 radical (unpaired) electrons. The molecule has 0 N–H and O–H groups in total. The van der Waals surface area contributed by atoms with Crippen molar-refractivity contribution in [2.24, 2.45) is 0 Å². The van der Waals surface area contributed by atoms with Gasteiger partial charge in [-0.05, 0) is 35.5 Å². The van der Waals surface area contributed by atoms with Crippen molar-refractivity contribution in [3.05, 3.63) is 40.6 Å². The lowest BCUT2D eigenvalue weighted by atomic mass is 10.5. The smallest absolute Gasteiger partial charge is 0.223 e. The number of hydrogen-bond donors (Lipinski definition) is 0. The molecule has 0 aliphatic heterocycles. The lowest BCUT2D eigenvalue weighted by Gasteiger charge is -2.02. The summed E-state index contributed by atoms with van der Waals surface area (Å²) in [5, 5.41) is 0.982. The Hall–Kier alpha value is -0.910. The Kier molecular flexibility index (Phi) is 3.58. The van der Waals surface area contributed by atoms with Gasteiger partial charge in [-0.1, -0.05) is 11.6 Å². The SMILES string of the molecule is Fc1cnc(Cl)nc1Sc1ncccc1Cl. The van der Waals surface area contributed by atoms with Crippen LogP contribution in [0.15, 0.2) is 34.6 Å². The first-order valence-corrected chi connectivity index (χ1v) is 5.70. The Morgan fingerprint density at radius 2 is 2.00 bits per heavy atom. The maximum atomic E-state index is 13.3. The fourth-order valence-electron chi connectivity index (χ4n) is 0.941. The molecule has 3 nitrogen and oxygen atoms in total. The summed E-state index contributed by atoms with van der Waals surface area (Å²) in [6.45, 7) is 0. The minimum absolute atomic E-state index is 0.0176. The highest BCUT2D eigenvalue weighted by Gasteiger charge is 2.10. The fraction of sp³-hybridized carbons (Fsp3) is 0. The summed E-state index contributed by atoms with van der Waals surface area (Å²) in [4.78, 5) is 11.3. The Labute approximate surface area is 105 Å². The molecule has 0 unspecified atom stereocenters. The third kappa shape index (κ3) is 2.61. The molecule has 0 fully saturated rings. The summed E-state index contributed by atoms with van der Waals surface area (Å²) in [5.41, 5.74) is 0. The summed E-state index contributed by atoms with van der Waals surface area (Å²) >= 11 is 12.5. The molecule has 0 saturated carbocycles. The van der Waals surface area contributed by atoms with Gasteiger partial charge in [0.15, 0.2) is 5.82 Å². The number of hydrogen-bond acceptors (Lipinski definition) is 4. The Bertz CT molecular complexity index is 524. The summed E-state index contributed by atoms with van der Waals surface area (Å²) in [6, 6.07) is 3.35. The molecule has 7 heteroatoms. The molecule has 0 aliphatic rings. The summed E-state index contributed by atoms with van der Waals surface area (Å²) in [6.07, 6.45) is 2.57. The average Bonchev–Trinajstić information content (AvgIpc) is 2.27. The van der Waals surface area contributed by atoms with Crippen LogP contribution in [0, 0.1) is 5.82 Å². The zero-order valence-electron chi connectivity index (χ0n) is 7.69.